The molecular weight excluding hydrogens is 272 g/mol. The van der Waals surface area contributed by atoms with Crippen LogP contribution in [0.1, 0.15) is 36.5 Å². The molecule has 0 heterocycles. The van der Waals surface area contributed by atoms with Crippen LogP contribution in [-0.2, 0) is 4.79 Å². The van der Waals surface area contributed by atoms with E-state index >= 15 is 0 Å². The number of carbonyl (C=O) groups excluding carboxylic acids is 1. The van der Waals surface area contributed by atoms with E-state index in [0.717, 1.165) is 11.4 Å². The summed E-state index contributed by atoms with van der Waals surface area (Å²) in [5, 5.41) is 6.05. The molecule has 22 heavy (non-hydrogen) atoms. The van der Waals surface area contributed by atoms with E-state index in [1.54, 1.807) is 0 Å². The number of anilines is 2. The van der Waals surface area contributed by atoms with Crippen molar-refractivity contribution in [1.29, 1.82) is 0 Å². The highest BCUT2D eigenvalue weighted by Gasteiger charge is 2.04. The highest BCUT2D eigenvalue weighted by atomic mass is 16.1. The lowest BCUT2D eigenvalue weighted by molar-refractivity contribution is -0.114. The fourth-order valence-corrected chi connectivity index (χ4v) is 2.19. The van der Waals surface area contributed by atoms with Crippen LogP contribution in [0.15, 0.2) is 42.5 Å². The lowest BCUT2D eigenvalue weighted by atomic mass is 10.0. The smallest absolute Gasteiger partial charge is 0.243 e. The monoisotopic (exact) mass is 296 g/mol. The van der Waals surface area contributed by atoms with Crippen molar-refractivity contribution >= 4 is 17.3 Å². The van der Waals surface area contributed by atoms with Gasteiger partial charge in [0.15, 0.2) is 0 Å². The SMILES string of the molecule is Cc1ccc(NC(=O)CNc2ccc(C(C)C)cc2)cc1C. The predicted molar refractivity (Wildman–Crippen MR) is 93.6 cm³/mol. The van der Waals surface area contributed by atoms with Gasteiger partial charge < -0.3 is 10.6 Å². The Balaban J connectivity index is 1.88. The van der Waals surface area contributed by atoms with Gasteiger partial charge in [0.1, 0.15) is 0 Å². The van der Waals surface area contributed by atoms with Gasteiger partial charge in [-0.25, -0.2) is 0 Å². The van der Waals surface area contributed by atoms with Gasteiger partial charge >= 0.3 is 0 Å². The van der Waals surface area contributed by atoms with Gasteiger partial charge in [-0.1, -0.05) is 32.0 Å². The number of hydrogen-bond donors (Lipinski definition) is 2. The van der Waals surface area contributed by atoms with Gasteiger partial charge in [0, 0.05) is 11.4 Å². The Morgan fingerprint density at radius 2 is 1.59 bits per heavy atom. The van der Waals surface area contributed by atoms with Gasteiger partial charge in [0.2, 0.25) is 5.91 Å². The molecule has 3 nitrogen and oxygen atoms in total. The number of carbonyl (C=O) groups is 1. The third kappa shape index (κ3) is 4.35. The molecule has 2 rings (SSSR count). The highest BCUT2D eigenvalue weighted by molar-refractivity contribution is 5.93. The number of aryl methyl sites for hydroxylation is 2. The first-order chi connectivity index (χ1) is 10.5. The van der Waals surface area contributed by atoms with E-state index in [9.17, 15) is 4.79 Å². The van der Waals surface area contributed by atoms with E-state index < -0.39 is 0 Å². The van der Waals surface area contributed by atoms with E-state index in [-0.39, 0.29) is 12.5 Å². The van der Waals surface area contributed by atoms with E-state index in [1.807, 2.05) is 37.3 Å². The lowest BCUT2D eigenvalue weighted by Crippen LogP contribution is -2.21. The first-order valence-corrected chi connectivity index (χ1v) is 7.66. The number of hydrogen-bond acceptors (Lipinski definition) is 2. The predicted octanol–water partition coefficient (Wildman–Crippen LogP) is 4.48. The Bertz CT molecular complexity index is 645. The molecule has 0 atom stereocenters. The number of rotatable bonds is 5. The zero-order chi connectivity index (χ0) is 16.1. The highest BCUT2D eigenvalue weighted by Crippen LogP contribution is 2.17. The molecule has 0 spiro atoms. The zero-order valence-corrected chi connectivity index (χ0v) is 13.7. The summed E-state index contributed by atoms with van der Waals surface area (Å²) in [6, 6.07) is 14.1. The summed E-state index contributed by atoms with van der Waals surface area (Å²) < 4.78 is 0. The third-order valence-corrected chi connectivity index (χ3v) is 3.82. The Labute approximate surface area is 132 Å². The second-order valence-electron chi connectivity index (χ2n) is 5.98. The van der Waals surface area contributed by atoms with Crippen molar-refractivity contribution in [3.8, 4) is 0 Å². The van der Waals surface area contributed by atoms with E-state index in [2.05, 4.69) is 43.5 Å². The molecule has 0 bridgehead atoms. The summed E-state index contributed by atoms with van der Waals surface area (Å²) in [5.74, 6) is 0.471. The number of amides is 1. The zero-order valence-electron chi connectivity index (χ0n) is 13.7. The molecule has 0 aromatic heterocycles. The number of nitrogens with one attached hydrogen (secondary N) is 2. The molecule has 0 saturated heterocycles. The Hall–Kier alpha value is -2.29. The van der Waals surface area contributed by atoms with Crippen LogP contribution in [0.5, 0.6) is 0 Å². The fourth-order valence-electron chi connectivity index (χ4n) is 2.19. The van der Waals surface area contributed by atoms with Gasteiger partial charge in [-0.2, -0.15) is 0 Å². The molecule has 0 fully saturated rings. The number of benzene rings is 2. The Morgan fingerprint density at radius 3 is 2.18 bits per heavy atom. The topological polar surface area (TPSA) is 41.1 Å². The second-order valence-corrected chi connectivity index (χ2v) is 5.98. The molecule has 0 radical (unpaired) electrons. The first kappa shape index (κ1) is 16.1. The normalized spacial score (nSPS) is 10.6. The Kier molecular flexibility index (Phi) is 5.21. The maximum absolute atomic E-state index is 12.0. The van der Waals surface area contributed by atoms with Crippen molar-refractivity contribution in [3.05, 3.63) is 59.2 Å². The third-order valence-electron chi connectivity index (χ3n) is 3.82. The van der Waals surface area contributed by atoms with Crippen LogP contribution in [0.25, 0.3) is 0 Å². The minimum Gasteiger partial charge on any atom is -0.376 e. The van der Waals surface area contributed by atoms with Crippen LogP contribution in [0.4, 0.5) is 11.4 Å². The van der Waals surface area contributed by atoms with Crippen LogP contribution in [0.2, 0.25) is 0 Å². The van der Waals surface area contributed by atoms with E-state index in [1.165, 1.54) is 16.7 Å². The minimum absolute atomic E-state index is 0.0452. The van der Waals surface area contributed by atoms with Crippen LogP contribution >= 0.6 is 0 Å². The summed E-state index contributed by atoms with van der Waals surface area (Å²) in [5.41, 5.74) is 5.49. The van der Waals surface area contributed by atoms with Gasteiger partial charge in [-0.15, -0.1) is 0 Å². The summed E-state index contributed by atoms with van der Waals surface area (Å²) in [4.78, 5) is 12.0. The van der Waals surface area contributed by atoms with Gasteiger partial charge in [0.05, 0.1) is 6.54 Å². The Morgan fingerprint density at radius 1 is 0.955 bits per heavy atom. The van der Waals surface area contributed by atoms with E-state index in [4.69, 9.17) is 0 Å². The van der Waals surface area contributed by atoms with Crippen molar-refractivity contribution in [2.24, 2.45) is 0 Å². The molecule has 2 N–H and O–H groups in total. The summed E-state index contributed by atoms with van der Waals surface area (Å²) in [6.45, 7) is 8.69. The molecule has 1 amide bonds. The maximum Gasteiger partial charge on any atom is 0.243 e. The first-order valence-electron chi connectivity index (χ1n) is 7.66. The fraction of sp³-hybridized carbons (Fsp3) is 0.316. The van der Waals surface area contributed by atoms with E-state index in [0.29, 0.717) is 5.92 Å². The van der Waals surface area contributed by atoms with Gasteiger partial charge in [0.25, 0.3) is 0 Å². The molecular formula is C19H24N2O. The lowest BCUT2D eigenvalue weighted by Gasteiger charge is -2.10. The standard InChI is InChI=1S/C19H24N2O/c1-13(2)16-6-9-17(10-7-16)20-12-19(22)21-18-8-5-14(3)15(4)11-18/h5-11,13,20H,12H2,1-4H3,(H,21,22). The molecule has 0 saturated carbocycles. The minimum atomic E-state index is -0.0452. The summed E-state index contributed by atoms with van der Waals surface area (Å²) >= 11 is 0. The molecule has 3 heteroatoms. The largest absolute Gasteiger partial charge is 0.376 e. The van der Waals surface area contributed by atoms with Crippen LogP contribution in [0, 0.1) is 13.8 Å². The average Bonchev–Trinajstić information content (AvgIpc) is 2.49. The maximum atomic E-state index is 12.0. The molecule has 0 aliphatic heterocycles. The molecule has 0 unspecified atom stereocenters. The quantitative estimate of drug-likeness (QED) is 0.854. The van der Waals surface area contributed by atoms with Crippen molar-refractivity contribution in [2.45, 2.75) is 33.6 Å². The molecule has 0 aliphatic rings. The second kappa shape index (κ2) is 7.12. The van der Waals surface area contributed by atoms with Crippen molar-refractivity contribution in [2.75, 3.05) is 17.2 Å². The van der Waals surface area contributed by atoms with Gasteiger partial charge in [-0.05, 0) is 60.7 Å². The van der Waals surface area contributed by atoms with Crippen LogP contribution in [-0.4, -0.2) is 12.5 Å². The van der Waals surface area contributed by atoms with Crippen LogP contribution in [0.3, 0.4) is 0 Å². The molecule has 2 aromatic carbocycles. The molecule has 2 aromatic rings. The van der Waals surface area contributed by atoms with Crippen LogP contribution < -0.4 is 10.6 Å². The average molecular weight is 296 g/mol. The van der Waals surface area contributed by atoms with Gasteiger partial charge in [-0.3, -0.25) is 4.79 Å². The van der Waals surface area contributed by atoms with Crippen molar-refractivity contribution in [3.63, 3.8) is 0 Å². The molecule has 0 aliphatic carbocycles. The van der Waals surface area contributed by atoms with Crippen molar-refractivity contribution in [1.82, 2.24) is 0 Å². The summed E-state index contributed by atoms with van der Waals surface area (Å²) in [6.07, 6.45) is 0. The summed E-state index contributed by atoms with van der Waals surface area (Å²) in [7, 11) is 0. The molecule has 116 valence electrons. The van der Waals surface area contributed by atoms with Crippen molar-refractivity contribution < 1.29 is 4.79 Å².